The van der Waals surface area contributed by atoms with Crippen LogP contribution in [0.15, 0.2) is 22.7 Å². The Morgan fingerprint density at radius 2 is 2.08 bits per heavy atom. The van der Waals surface area contributed by atoms with Gasteiger partial charge in [-0.1, -0.05) is 35.0 Å². The van der Waals surface area contributed by atoms with Gasteiger partial charge in [0.15, 0.2) is 0 Å². The van der Waals surface area contributed by atoms with Crippen LogP contribution in [-0.2, 0) is 5.54 Å². The van der Waals surface area contributed by atoms with Gasteiger partial charge in [0.05, 0.1) is 0 Å². The summed E-state index contributed by atoms with van der Waals surface area (Å²) in [5.41, 5.74) is 8.36. The molecule has 2 N–H and O–H groups in total. The maximum absolute atomic E-state index is 6.16. The van der Waals surface area contributed by atoms with Gasteiger partial charge in [-0.15, -0.1) is 0 Å². The number of halogens is 1. The Hall–Kier alpha value is -0.340. The summed E-state index contributed by atoms with van der Waals surface area (Å²) in [7, 11) is 0. The molecule has 1 aromatic carbocycles. The number of aryl methyl sites for hydroxylation is 1. The van der Waals surface area contributed by atoms with Crippen LogP contribution in [0.3, 0.4) is 0 Å². The smallest absolute Gasteiger partial charge is 0.0389 e. The second kappa shape index (κ2) is 3.81. The van der Waals surface area contributed by atoms with Crippen molar-refractivity contribution in [3.8, 4) is 0 Å². The fourth-order valence-electron chi connectivity index (χ4n) is 1.27. The second-order valence-corrected chi connectivity index (χ2v) is 4.61. The molecule has 0 aliphatic carbocycles. The van der Waals surface area contributed by atoms with E-state index in [1.54, 1.807) is 0 Å². The number of nitrogens with two attached hydrogens (primary N) is 1. The van der Waals surface area contributed by atoms with E-state index in [9.17, 15) is 0 Å². The average Bonchev–Trinajstić information content (AvgIpc) is 2.03. The molecule has 0 amide bonds. The van der Waals surface area contributed by atoms with Crippen LogP contribution >= 0.6 is 15.9 Å². The molecule has 1 rings (SSSR count). The quantitative estimate of drug-likeness (QED) is 0.845. The zero-order valence-electron chi connectivity index (χ0n) is 8.39. The summed E-state index contributed by atoms with van der Waals surface area (Å²) in [4.78, 5) is 0. The Morgan fingerprint density at radius 3 is 2.54 bits per heavy atom. The predicted octanol–water partition coefficient (Wildman–Crippen LogP) is 3.34. The SMILES string of the molecule is CCC(C)(N)c1ccc(C)cc1Br. The Morgan fingerprint density at radius 1 is 1.46 bits per heavy atom. The molecular formula is C11H16BrN. The van der Waals surface area contributed by atoms with E-state index in [-0.39, 0.29) is 5.54 Å². The van der Waals surface area contributed by atoms with E-state index in [0.717, 1.165) is 10.9 Å². The average molecular weight is 242 g/mol. The number of hydrogen-bond donors (Lipinski definition) is 1. The predicted molar refractivity (Wildman–Crippen MR) is 60.7 cm³/mol. The molecule has 0 aliphatic rings. The summed E-state index contributed by atoms with van der Waals surface area (Å²) >= 11 is 3.54. The van der Waals surface area contributed by atoms with Crippen LogP contribution in [0.1, 0.15) is 31.4 Å². The van der Waals surface area contributed by atoms with Gasteiger partial charge in [-0.3, -0.25) is 0 Å². The fraction of sp³-hybridized carbons (Fsp3) is 0.455. The van der Waals surface area contributed by atoms with Crippen LogP contribution in [0.4, 0.5) is 0 Å². The van der Waals surface area contributed by atoms with Crippen molar-refractivity contribution in [2.45, 2.75) is 32.7 Å². The Balaban J connectivity index is 3.16. The molecule has 0 bridgehead atoms. The molecule has 1 atom stereocenters. The maximum atomic E-state index is 6.16. The van der Waals surface area contributed by atoms with Crippen molar-refractivity contribution in [3.63, 3.8) is 0 Å². The molecule has 72 valence electrons. The highest BCUT2D eigenvalue weighted by molar-refractivity contribution is 9.10. The minimum absolute atomic E-state index is 0.230. The number of rotatable bonds is 2. The van der Waals surface area contributed by atoms with Crippen molar-refractivity contribution < 1.29 is 0 Å². The lowest BCUT2D eigenvalue weighted by molar-refractivity contribution is 0.474. The molecule has 0 aliphatic heterocycles. The molecule has 0 radical (unpaired) electrons. The maximum Gasteiger partial charge on any atom is 0.0389 e. The largest absolute Gasteiger partial charge is 0.322 e. The van der Waals surface area contributed by atoms with E-state index in [4.69, 9.17) is 5.73 Å². The van der Waals surface area contributed by atoms with E-state index >= 15 is 0 Å². The van der Waals surface area contributed by atoms with Gasteiger partial charge < -0.3 is 5.73 Å². The van der Waals surface area contributed by atoms with Crippen molar-refractivity contribution in [2.75, 3.05) is 0 Å². The molecule has 1 aromatic rings. The third-order valence-electron chi connectivity index (χ3n) is 2.47. The minimum atomic E-state index is -0.230. The van der Waals surface area contributed by atoms with Gasteiger partial charge in [-0.05, 0) is 37.5 Å². The van der Waals surface area contributed by atoms with Crippen molar-refractivity contribution in [1.29, 1.82) is 0 Å². The summed E-state index contributed by atoms with van der Waals surface area (Å²) in [5.74, 6) is 0. The first-order chi connectivity index (χ1) is 5.97. The second-order valence-electron chi connectivity index (χ2n) is 3.75. The molecule has 1 nitrogen and oxygen atoms in total. The van der Waals surface area contributed by atoms with Crippen molar-refractivity contribution >= 4 is 15.9 Å². The molecule has 1 unspecified atom stereocenters. The highest BCUT2D eigenvalue weighted by atomic mass is 79.9. The Kier molecular flexibility index (Phi) is 3.14. The standard InChI is InChI=1S/C11H16BrN/c1-4-11(3,13)9-6-5-8(2)7-10(9)12/h5-7H,4,13H2,1-3H3. The monoisotopic (exact) mass is 241 g/mol. The van der Waals surface area contributed by atoms with E-state index < -0.39 is 0 Å². The molecule has 0 aromatic heterocycles. The van der Waals surface area contributed by atoms with E-state index in [2.05, 4.69) is 54.9 Å². The molecule has 0 saturated carbocycles. The van der Waals surface area contributed by atoms with Gasteiger partial charge >= 0.3 is 0 Å². The summed E-state index contributed by atoms with van der Waals surface area (Å²) < 4.78 is 1.11. The summed E-state index contributed by atoms with van der Waals surface area (Å²) in [5, 5.41) is 0. The molecular weight excluding hydrogens is 226 g/mol. The van der Waals surface area contributed by atoms with Gasteiger partial charge in [0.1, 0.15) is 0 Å². The first-order valence-corrected chi connectivity index (χ1v) is 5.32. The van der Waals surface area contributed by atoms with Crippen LogP contribution in [0, 0.1) is 6.92 Å². The van der Waals surface area contributed by atoms with Crippen LogP contribution in [0.25, 0.3) is 0 Å². The zero-order chi connectivity index (χ0) is 10.1. The third kappa shape index (κ3) is 2.32. The summed E-state index contributed by atoms with van der Waals surface area (Å²) in [6, 6.07) is 6.31. The normalized spacial score (nSPS) is 15.5. The van der Waals surface area contributed by atoms with E-state index in [0.29, 0.717) is 0 Å². The van der Waals surface area contributed by atoms with Crippen LogP contribution in [0.2, 0.25) is 0 Å². The molecule has 13 heavy (non-hydrogen) atoms. The van der Waals surface area contributed by atoms with Gasteiger partial charge in [0.2, 0.25) is 0 Å². The molecule has 0 fully saturated rings. The first-order valence-electron chi connectivity index (χ1n) is 4.53. The summed E-state index contributed by atoms with van der Waals surface area (Å²) in [6.07, 6.45) is 0.939. The fourth-order valence-corrected chi connectivity index (χ4v) is 2.22. The first kappa shape index (κ1) is 10.7. The van der Waals surface area contributed by atoms with Crippen LogP contribution in [-0.4, -0.2) is 0 Å². The van der Waals surface area contributed by atoms with Crippen LogP contribution < -0.4 is 5.73 Å². The van der Waals surface area contributed by atoms with Gasteiger partial charge in [-0.25, -0.2) is 0 Å². The van der Waals surface area contributed by atoms with Crippen molar-refractivity contribution in [2.24, 2.45) is 5.73 Å². The van der Waals surface area contributed by atoms with E-state index in [1.165, 1.54) is 11.1 Å². The lowest BCUT2D eigenvalue weighted by Gasteiger charge is -2.24. The molecule has 2 heteroatoms. The molecule has 0 heterocycles. The number of benzene rings is 1. The summed E-state index contributed by atoms with van der Waals surface area (Å²) in [6.45, 7) is 6.24. The lowest BCUT2D eigenvalue weighted by atomic mass is 9.90. The molecule has 0 spiro atoms. The zero-order valence-corrected chi connectivity index (χ0v) is 9.98. The Bertz CT molecular complexity index is 305. The van der Waals surface area contributed by atoms with E-state index in [1.807, 2.05) is 0 Å². The van der Waals surface area contributed by atoms with Crippen molar-refractivity contribution in [1.82, 2.24) is 0 Å². The minimum Gasteiger partial charge on any atom is -0.322 e. The highest BCUT2D eigenvalue weighted by Gasteiger charge is 2.20. The van der Waals surface area contributed by atoms with Gasteiger partial charge in [0.25, 0.3) is 0 Å². The van der Waals surface area contributed by atoms with Crippen molar-refractivity contribution in [3.05, 3.63) is 33.8 Å². The topological polar surface area (TPSA) is 26.0 Å². The third-order valence-corrected chi connectivity index (χ3v) is 3.13. The highest BCUT2D eigenvalue weighted by Crippen LogP contribution is 2.29. The van der Waals surface area contributed by atoms with Crippen LogP contribution in [0.5, 0.6) is 0 Å². The molecule has 0 saturated heterocycles. The van der Waals surface area contributed by atoms with Gasteiger partial charge in [0, 0.05) is 10.0 Å². The lowest BCUT2D eigenvalue weighted by Crippen LogP contribution is -2.32. The Labute approximate surface area is 88.5 Å². The number of hydrogen-bond acceptors (Lipinski definition) is 1. The van der Waals surface area contributed by atoms with Gasteiger partial charge in [-0.2, -0.15) is 0 Å².